The van der Waals surface area contributed by atoms with E-state index >= 15 is 0 Å². The molecule has 0 aliphatic heterocycles. The van der Waals surface area contributed by atoms with Crippen molar-refractivity contribution in [1.29, 1.82) is 0 Å². The van der Waals surface area contributed by atoms with E-state index < -0.39 is 0 Å². The SMILES string of the molecule is CC1=CCC2=C1C=CCCC2C. The maximum atomic E-state index is 2.36. The first-order valence-electron chi connectivity index (χ1n) is 4.86. The number of allylic oxidation sites excluding steroid dienone is 6. The van der Waals surface area contributed by atoms with Gasteiger partial charge in [-0.2, -0.15) is 0 Å². The molecule has 1 atom stereocenters. The molecule has 0 fully saturated rings. The zero-order chi connectivity index (χ0) is 8.55. The summed E-state index contributed by atoms with van der Waals surface area (Å²) in [6.07, 6.45) is 10.8. The highest BCUT2D eigenvalue weighted by molar-refractivity contribution is 5.49. The molecule has 2 aliphatic rings. The van der Waals surface area contributed by atoms with Gasteiger partial charge in [-0.25, -0.2) is 0 Å². The Kier molecular flexibility index (Phi) is 1.92. The van der Waals surface area contributed by atoms with Crippen molar-refractivity contribution in [3.63, 3.8) is 0 Å². The van der Waals surface area contributed by atoms with Crippen molar-refractivity contribution in [2.75, 3.05) is 0 Å². The van der Waals surface area contributed by atoms with Gasteiger partial charge in [0.2, 0.25) is 0 Å². The van der Waals surface area contributed by atoms with Gasteiger partial charge in [-0.05, 0) is 43.3 Å². The Balaban J connectivity index is 2.37. The molecule has 2 rings (SSSR count). The molecule has 0 N–H and O–H groups in total. The lowest BCUT2D eigenvalue weighted by Crippen LogP contribution is -1.97. The topological polar surface area (TPSA) is 0 Å². The van der Waals surface area contributed by atoms with Gasteiger partial charge in [0.15, 0.2) is 0 Å². The summed E-state index contributed by atoms with van der Waals surface area (Å²) in [5, 5.41) is 0. The molecule has 0 heterocycles. The lowest BCUT2D eigenvalue weighted by molar-refractivity contribution is 0.616. The molecule has 0 saturated heterocycles. The highest BCUT2D eigenvalue weighted by Gasteiger charge is 2.18. The normalized spacial score (nSPS) is 28.5. The summed E-state index contributed by atoms with van der Waals surface area (Å²) in [6.45, 7) is 4.58. The third-order valence-electron chi connectivity index (χ3n) is 3.04. The molecule has 0 nitrogen and oxygen atoms in total. The second kappa shape index (κ2) is 2.93. The summed E-state index contributed by atoms with van der Waals surface area (Å²) in [5.41, 5.74) is 4.68. The van der Waals surface area contributed by atoms with Crippen LogP contribution in [0.2, 0.25) is 0 Å². The van der Waals surface area contributed by atoms with Gasteiger partial charge < -0.3 is 0 Å². The Morgan fingerprint density at radius 3 is 3.08 bits per heavy atom. The summed E-state index contributed by atoms with van der Waals surface area (Å²) >= 11 is 0. The number of hydrogen-bond donors (Lipinski definition) is 0. The fraction of sp³-hybridized carbons (Fsp3) is 0.500. The maximum Gasteiger partial charge on any atom is -0.0121 e. The van der Waals surface area contributed by atoms with Crippen LogP contribution in [0.1, 0.15) is 33.1 Å². The van der Waals surface area contributed by atoms with Crippen LogP contribution in [0.4, 0.5) is 0 Å². The predicted octanol–water partition coefficient (Wildman–Crippen LogP) is 3.62. The molecule has 0 radical (unpaired) electrons. The van der Waals surface area contributed by atoms with Gasteiger partial charge in [0, 0.05) is 0 Å². The minimum atomic E-state index is 0.795. The molecule has 0 spiro atoms. The summed E-state index contributed by atoms with van der Waals surface area (Å²) in [7, 11) is 0. The largest absolute Gasteiger partial charge is 0.0839 e. The molecule has 2 aliphatic carbocycles. The average molecular weight is 160 g/mol. The predicted molar refractivity (Wildman–Crippen MR) is 52.9 cm³/mol. The molecular weight excluding hydrogens is 144 g/mol. The average Bonchev–Trinajstić information content (AvgIpc) is 2.30. The fourth-order valence-electron chi connectivity index (χ4n) is 2.16. The molecule has 0 heteroatoms. The van der Waals surface area contributed by atoms with E-state index in [-0.39, 0.29) is 0 Å². The van der Waals surface area contributed by atoms with Crippen molar-refractivity contribution in [2.45, 2.75) is 33.1 Å². The van der Waals surface area contributed by atoms with Crippen molar-refractivity contribution in [3.8, 4) is 0 Å². The van der Waals surface area contributed by atoms with Crippen molar-refractivity contribution in [1.82, 2.24) is 0 Å². The van der Waals surface area contributed by atoms with E-state index in [1.807, 2.05) is 0 Å². The van der Waals surface area contributed by atoms with Crippen LogP contribution in [-0.2, 0) is 0 Å². The van der Waals surface area contributed by atoms with E-state index in [0.717, 1.165) is 5.92 Å². The Hall–Kier alpha value is -0.780. The monoisotopic (exact) mass is 160 g/mol. The third-order valence-corrected chi connectivity index (χ3v) is 3.04. The quantitative estimate of drug-likeness (QED) is 0.507. The van der Waals surface area contributed by atoms with E-state index in [1.165, 1.54) is 30.4 Å². The Bertz CT molecular complexity index is 276. The molecule has 0 bridgehead atoms. The van der Waals surface area contributed by atoms with E-state index in [1.54, 1.807) is 5.57 Å². The summed E-state index contributed by atoms with van der Waals surface area (Å²) in [4.78, 5) is 0. The lowest BCUT2D eigenvalue weighted by Gasteiger charge is -2.11. The molecule has 0 aromatic rings. The Morgan fingerprint density at radius 2 is 2.25 bits per heavy atom. The smallest absolute Gasteiger partial charge is 0.0121 e. The first-order valence-corrected chi connectivity index (χ1v) is 4.86. The van der Waals surface area contributed by atoms with Crippen LogP contribution < -0.4 is 0 Å². The van der Waals surface area contributed by atoms with Gasteiger partial charge in [0.05, 0.1) is 0 Å². The second-order valence-corrected chi connectivity index (χ2v) is 3.91. The standard InChI is InChI=1S/C12H16/c1-9-5-3-4-6-11-10(2)7-8-12(9)11/h4,6-7,9H,3,5,8H2,1-2H3. The second-order valence-electron chi connectivity index (χ2n) is 3.91. The molecule has 0 amide bonds. The first kappa shape index (κ1) is 7.85. The highest BCUT2D eigenvalue weighted by atomic mass is 14.2. The molecule has 0 aromatic heterocycles. The molecule has 0 saturated carbocycles. The molecule has 64 valence electrons. The molecular formula is C12H16. The van der Waals surface area contributed by atoms with Crippen molar-refractivity contribution >= 4 is 0 Å². The van der Waals surface area contributed by atoms with Crippen LogP contribution in [0.25, 0.3) is 0 Å². The fourth-order valence-corrected chi connectivity index (χ4v) is 2.16. The van der Waals surface area contributed by atoms with Crippen LogP contribution in [0.5, 0.6) is 0 Å². The van der Waals surface area contributed by atoms with Crippen molar-refractivity contribution in [3.05, 3.63) is 34.9 Å². The van der Waals surface area contributed by atoms with Crippen molar-refractivity contribution < 1.29 is 0 Å². The van der Waals surface area contributed by atoms with Gasteiger partial charge in [-0.15, -0.1) is 0 Å². The summed E-state index contributed by atoms with van der Waals surface area (Å²) < 4.78 is 0. The minimum absolute atomic E-state index is 0.795. The van der Waals surface area contributed by atoms with Crippen LogP contribution >= 0.6 is 0 Å². The number of hydrogen-bond acceptors (Lipinski definition) is 0. The van der Waals surface area contributed by atoms with Crippen LogP contribution in [-0.4, -0.2) is 0 Å². The zero-order valence-electron chi connectivity index (χ0n) is 7.93. The first-order chi connectivity index (χ1) is 5.79. The van der Waals surface area contributed by atoms with Gasteiger partial charge in [-0.3, -0.25) is 0 Å². The molecule has 12 heavy (non-hydrogen) atoms. The Labute approximate surface area is 74.7 Å². The third kappa shape index (κ3) is 1.16. The summed E-state index contributed by atoms with van der Waals surface area (Å²) in [5.74, 6) is 0.795. The van der Waals surface area contributed by atoms with Crippen molar-refractivity contribution in [2.24, 2.45) is 5.92 Å². The highest BCUT2D eigenvalue weighted by Crippen LogP contribution is 2.35. The van der Waals surface area contributed by atoms with E-state index in [4.69, 9.17) is 0 Å². The van der Waals surface area contributed by atoms with Crippen LogP contribution in [0.3, 0.4) is 0 Å². The maximum absolute atomic E-state index is 2.36. The van der Waals surface area contributed by atoms with Crippen LogP contribution in [0.15, 0.2) is 34.9 Å². The van der Waals surface area contributed by atoms with E-state index in [9.17, 15) is 0 Å². The van der Waals surface area contributed by atoms with E-state index in [0.29, 0.717) is 0 Å². The zero-order valence-corrected chi connectivity index (χ0v) is 7.93. The van der Waals surface area contributed by atoms with Gasteiger partial charge in [-0.1, -0.05) is 30.7 Å². The lowest BCUT2D eigenvalue weighted by atomic mass is 9.94. The number of rotatable bonds is 0. The van der Waals surface area contributed by atoms with Gasteiger partial charge >= 0.3 is 0 Å². The van der Waals surface area contributed by atoms with E-state index in [2.05, 4.69) is 32.1 Å². The molecule has 1 unspecified atom stereocenters. The van der Waals surface area contributed by atoms with Crippen LogP contribution in [0, 0.1) is 5.92 Å². The van der Waals surface area contributed by atoms with Gasteiger partial charge in [0.1, 0.15) is 0 Å². The summed E-state index contributed by atoms with van der Waals surface area (Å²) in [6, 6.07) is 0. The molecule has 0 aromatic carbocycles. The Morgan fingerprint density at radius 1 is 1.42 bits per heavy atom. The minimum Gasteiger partial charge on any atom is -0.0839 e. The van der Waals surface area contributed by atoms with Gasteiger partial charge in [0.25, 0.3) is 0 Å².